The average Bonchev–Trinajstić information content (AvgIpc) is 3.25. The maximum absolute atomic E-state index is 12.9. The number of amides is 1. The summed E-state index contributed by atoms with van der Waals surface area (Å²) in [6, 6.07) is 13.7. The van der Waals surface area contributed by atoms with Crippen LogP contribution in [0.3, 0.4) is 0 Å². The molecule has 0 aliphatic rings. The first-order chi connectivity index (χ1) is 13.1. The number of ether oxygens (including phenoxy) is 1. The van der Waals surface area contributed by atoms with Crippen LogP contribution in [0, 0.1) is 13.8 Å². The number of anilines is 1. The van der Waals surface area contributed by atoms with Gasteiger partial charge in [0.1, 0.15) is 11.4 Å². The molecule has 0 saturated carbocycles. The van der Waals surface area contributed by atoms with Gasteiger partial charge in [0.05, 0.1) is 12.8 Å². The van der Waals surface area contributed by atoms with Crippen molar-refractivity contribution in [2.45, 2.75) is 13.8 Å². The first kappa shape index (κ1) is 17.3. The van der Waals surface area contributed by atoms with Gasteiger partial charge in [0.2, 0.25) is 0 Å². The predicted molar refractivity (Wildman–Crippen MR) is 109 cm³/mol. The number of imidazole rings is 1. The molecule has 4 aromatic rings. The number of nitrogens with one attached hydrogen (secondary N) is 1. The highest BCUT2D eigenvalue weighted by atomic mass is 32.1. The van der Waals surface area contributed by atoms with E-state index < -0.39 is 0 Å². The van der Waals surface area contributed by atoms with Crippen molar-refractivity contribution in [2.75, 3.05) is 12.4 Å². The Morgan fingerprint density at radius 1 is 1.15 bits per heavy atom. The highest BCUT2D eigenvalue weighted by Gasteiger charge is 2.17. The number of aryl methyl sites for hydroxylation is 2. The van der Waals surface area contributed by atoms with Gasteiger partial charge in [-0.15, -0.1) is 11.3 Å². The third-order valence-corrected chi connectivity index (χ3v) is 5.37. The van der Waals surface area contributed by atoms with Crippen LogP contribution in [-0.2, 0) is 0 Å². The lowest BCUT2D eigenvalue weighted by Gasteiger charge is -2.10. The van der Waals surface area contributed by atoms with E-state index in [2.05, 4.69) is 10.3 Å². The van der Waals surface area contributed by atoms with Gasteiger partial charge < -0.3 is 10.1 Å². The molecule has 0 spiro atoms. The summed E-state index contributed by atoms with van der Waals surface area (Å²) in [7, 11) is 1.64. The molecule has 0 unspecified atom stereocenters. The Labute approximate surface area is 161 Å². The predicted octanol–water partition coefficient (Wildman–Crippen LogP) is 4.94. The lowest BCUT2D eigenvalue weighted by molar-refractivity contribution is 0.102. The molecule has 0 radical (unpaired) electrons. The van der Waals surface area contributed by atoms with E-state index in [0.717, 1.165) is 38.8 Å². The smallest absolute Gasteiger partial charge is 0.273 e. The van der Waals surface area contributed by atoms with Gasteiger partial charge in [-0.3, -0.25) is 9.20 Å². The number of fused-ring (bicyclic) bond motifs is 1. The number of methoxy groups -OCH3 is 1. The molecular weight excluding hydrogens is 358 g/mol. The number of benzene rings is 2. The van der Waals surface area contributed by atoms with E-state index in [-0.39, 0.29) is 5.91 Å². The summed E-state index contributed by atoms with van der Waals surface area (Å²) in [5.74, 6) is 0.630. The highest BCUT2D eigenvalue weighted by molar-refractivity contribution is 7.15. The fourth-order valence-corrected chi connectivity index (χ4v) is 3.91. The molecule has 4 rings (SSSR count). The number of aromatic nitrogens is 2. The summed E-state index contributed by atoms with van der Waals surface area (Å²) in [5.41, 5.74) is 5.26. The Kier molecular flexibility index (Phi) is 4.41. The molecule has 136 valence electrons. The Bertz CT molecular complexity index is 1120. The Hall–Kier alpha value is -3.12. The molecule has 2 aromatic heterocycles. The van der Waals surface area contributed by atoms with Crippen molar-refractivity contribution in [3.05, 3.63) is 70.9 Å². The van der Waals surface area contributed by atoms with E-state index in [4.69, 9.17) is 4.74 Å². The van der Waals surface area contributed by atoms with E-state index in [9.17, 15) is 4.79 Å². The van der Waals surface area contributed by atoms with Crippen LogP contribution in [-0.4, -0.2) is 22.4 Å². The highest BCUT2D eigenvalue weighted by Crippen LogP contribution is 2.27. The normalized spacial score (nSPS) is 10.9. The molecule has 0 atom stereocenters. The Morgan fingerprint density at radius 3 is 2.63 bits per heavy atom. The maximum atomic E-state index is 12.9. The van der Waals surface area contributed by atoms with Crippen LogP contribution in [0.4, 0.5) is 5.69 Å². The zero-order valence-electron chi connectivity index (χ0n) is 15.3. The summed E-state index contributed by atoms with van der Waals surface area (Å²) >= 11 is 1.45. The first-order valence-electron chi connectivity index (χ1n) is 8.55. The second kappa shape index (κ2) is 6.89. The van der Waals surface area contributed by atoms with Crippen LogP contribution in [0.25, 0.3) is 16.2 Å². The second-order valence-corrected chi connectivity index (χ2v) is 7.19. The molecule has 0 saturated heterocycles. The molecule has 6 heteroatoms. The molecule has 0 aliphatic carbocycles. The molecule has 0 bridgehead atoms. The lowest BCUT2D eigenvalue weighted by atomic mass is 10.1. The second-order valence-electron chi connectivity index (χ2n) is 6.35. The summed E-state index contributed by atoms with van der Waals surface area (Å²) in [6.45, 7) is 3.98. The van der Waals surface area contributed by atoms with Crippen LogP contribution in [0.2, 0.25) is 0 Å². The van der Waals surface area contributed by atoms with Crippen molar-refractivity contribution in [2.24, 2.45) is 0 Å². The zero-order chi connectivity index (χ0) is 19.0. The fourth-order valence-electron chi connectivity index (χ4n) is 3.06. The molecule has 0 fully saturated rings. The molecule has 1 N–H and O–H groups in total. The van der Waals surface area contributed by atoms with Crippen molar-refractivity contribution in [1.29, 1.82) is 0 Å². The minimum absolute atomic E-state index is 0.145. The average molecular weight is 377 g/mol. The van der Waals surface area contributed by atoms with Gasteiger partial charge in [-0.1, -0.05) is 30.3 Å². The van der Waals surface area contributed by atoms with Gasteiger partial charge in [0.25, 0.3) is 5.91 Å². The van der Waals surface area contributed by atoms with Gasteiger partial charge in [-0.25, -0.2) is 4.98 Å². The summed E-state index contributed by atoms with van der Waals surface area (Å²) in [4.78, 5) is 18.3. The number of carbonyl (C=O) groups is 1. The number of hydrogen-bond donors (Lipinski definition) is 1. The summed E-state index contributed by atoms with van der Waals surface area (Å²) < 4.78 is 7.12. The van der Waals surface area contributed by atoms with Crippen molar-refractivity contribution in [3.63, 3.8) is 0 Å². The van der Waals surface area contributed by atoms with Gasteiger partial charge in [0, 0.05) is 22.8 Å². The third kappa shape index (κ3) is 3.19. The van der Waals surface area contributed by atoms with Crippen LogP contribution in [0.5, 0.6) is 5.75 Å². The molecular formula is C21H19N3O2S. The minimum Gasteiger partial charge on any atom is -0.497 e. The van der Waals surface area contributed by atoms with Crippen molar-refractivity contribution >= 4 is 27.9 Å². The Balaban J connectivity index is 1.69. The third-order valence-electron chi connectivity index (χ3n) is 4.53. The van der Waals surface area contributed by atoms with E-state index >= 15 is 0 Å². The quantitative estimate of drug-likeness (QED) is 0.548. The number of hydrogen-bond acceptors (Lipinski definition) is 4. The number of carbonyl (C=O) groups excluding carboxylic acids is 1. The van der Waals surface area contributed by atoms with Crippen molar-refractivity contribution < 1.29 is 9.53 Å². The van der Waals surface area contributed by atoms with E-state index in [1.54, 1.807) is 7.11 Å². The number of thiazole rings is 1. The first-order valence-corrected chi connectivity index (χ1v) is 9.43. The Morgan fingerprint density at radius 2 is 1.89 bits per heavy atom. The number of para-hydroxylation sites is 1. The van der Waals surface area contributed by atoms with E-state index in [0.29, 0.717) is 5.69 Å². The maximum Gasteiger partial charge on any atom is 0.273 e. The summed E-state index contributed by atoms with van der Waals surface area (Å²) in [6.07, 6.45) is 1.89. The monoisotopic (exact) mass is 377 g/mol. The van der Waals surface area contributed by atoms with E-state index in [1.165, 1.54) is 11.3 Å². The summed E-state index contributed by atoms with van der Waals surface area (Å²) in [5, 5.41) is 4.87. The number of nitrogens with zero attached hydrogens (tertiary/aromatic N) is 2. The van der Waals surface area contributed by atoms with Crippen molar-refractivity contribution in [1.82, 2.24) is 9.38 Å². The molecule has 5 nitrogen and oxygen atoms in total. The molecule has 27 heavy (non-hydrogen) atoms. The lowest BCUT2D eigenvalue weighted by Crippen LogP contribution is -2.15. The minimum atomic E-state index is -0.145. The SMILES string of the molecule is COc1cccc(-c2cn3c(C(=O)Nc4c(C)cccc4C)csc3n2)c1. The van der Waals surface area contributed by atoms with Gasteiger partial charge in [-0.05, 0) is 37.1 Å². The van der Waals surface area contributed by atoms with Crippen LogP contribution < -0.4 is 10.1 Å². The molecule has 2 aromatic carbocycles. The standard InChI is InChI=1S/C21H19N3O2S/c1-13-6-4-7-14(2)19(13)23-20(25)18-12-27-21-22-17(11-24(18)21)15-8-5-9-16(10-15)26-3/h4-12H,1-3H3,(H,23,25). The van der Waals surface area contributed by atoms with Crippen molar-refractivity contribution in [3.8, 4) is 17.0 Å². The molecule has 2 heterocycles. The fraction of sp³-hybridized carbons (Fsp3) is 0.143. The molecule has 1 amide bonds. The van der Waals surface area contributed by atoms with E-state index in [1.807, 2.05) is 72.3 Å². The van der Waals surface area contributed by atoms with Gasteiger partial charge in [0.15, 0.2) is 4.96 Å². The number of rotatable bonds is 4. The van der Waals surface area contributed by atoms with Crippen LogP contribution in [0.1, 0.15) is 21.6 Å². The zero-order valence-corrected chi connectivity index (χ0v) is 16.1. The van der Waals surface area contributed by atoms with Crippen LogP contribution in [0.15, 0.2) is 54.0 Å². The van der Waals surface area contributed by atoms with Gasteiger partial charge in [-0.2, -0.15) is 0 Å². The van der Waals surface area contributed by atoms with Gasteiger partial charge >= 0.3 is 0 Å². The molecule has 0 aliphatic heterocycles. The van der Waals surface area contributed by atoms with Crippen LogP contribution >= 0.6 is 11.3 Å². The largest absolute Gasteiger partial charge is 0.497 e. The topological polar surface area (TPSA) is 55.6 Å².